The molecule has 0 spiro atoms. The van der Waals surface area contributed by atoms with E-state index in [9.17, 15) is 29.4 Å². The first-order chi connectivity index (χ1) is 16.6. The molecule has 8 nitrogen and oxygen atoms in total. The van der Waals surface area contributed by atoms with Crippen LogP contribution >= 0.6 is 0 Å². The third-order valence-electron chi connectivity index (χ3n) is 8.49. The molecule has 38 heavy (non-hydrogen) atoms. The van der Waals surface area contributed by atoms with E-state index in [0.29, 0.717) is 19.3 Å². The molecule has 2 atom stereocenters. The number of nitrogens with one attached hydrogen (secondary N) is 2. The van der Waals surface area contributed by atoms with Gasteiger partial charge in [-0.3, -0.25) is 19.2 Å². The third kappa shape index (κ3) is 9.65. The van der Waals surface area contributed by atoms with Crippen LogP contribution in [-0.2, 0) is 19.2 Å². The quantitative estimate of drug-likeness (QED) is 0.202. The predicted octanol–water partition coefficient (Wildman–Crippen LogP) is 5.54. The second-order valence-corrected chi connectivity index (χ2v) is 15.3. The van der Waals surface area contributed by atoms with Crippen LogP contribution in [0.1, 0.15) is 116 Å². The SMILES string of the molecule is CNC(CC(C)(C)C(=O)O)C(C)(C)CC(C)(C)C(=O)NC(CC(C)(C)C(=O)O)C(C)(C)CC(C)(C)C(C)=O. The van der Waals surface area contributed by atoms with Crippen molar-refractivity contribution in [3.63, 3.8) is 0 Å². The largest absolute Gasteiger partial charge is 0.481 e. The van der Waals surface area contributed by atoms with Crippen molar-refractivity contribution in [2.24, 2.45) is 32.5 Å². The van der Waals surface area contributed by atoms with E-state index in [1.807, 2.05) is 55.4 Å². The highest BCUT2D eigenvalue weighted by molar-refractivity contribution is 5.83. The Balaban J connectivity index is 6.17. The highest BCUT2D eigenvalue weighted by Crippen LogP contribution is 2.43. The molecule has 4 N–H and O–H groups in total. The Labute approximate surface area is 231 Å². The number of amides is 1. The molecule has 0 heterocycles. The van der Waals surface area contributed by atoms with E-state index in [0.717, 1.165) is 0 Å². The van der Waals surface area contributed by atoms with E-state index in [2.05, 4.69) is 10.6 Å². The number of hydrogen-bond donors (Lipinski definition) is 4. The average molecular weight is 541 g/mol. The lowest BCUT2D eigenvalue weighted by Gasteiger charge is -2.45. The minimum absolute atomic E-state index is 0.0395. The number of Topliss-reactive ketones (excluding diaryl/α,β-unsaturated/α-hetero) is 1. The van der Waals surface area contributed by atoms with Crippen LogP contribution in [-0.4, -0.2) is 53.0 Å². The number of aliphatic carboxylic acids is 2. The van der Waals surface area contributed by atoms with Gasteiger partial charge in [-0.05, 0) is 78.2 Å². The molecule has 0 aromatic rings. The van der Waals surface area contributed by atoms with Gasteiger partial charge in [0.05, 0.1) is 10.8 Å². The molecule has 0 aliphatic rings. The van der Waals surface area contributed by atoms with Gasteiger partial charge in [0.25, 0.3) is 0 Å². The molecule has 2 unspecified atom stereocenters. The van der Waals surface area contributed by atoms with E-state index in [1.165, 1.54) is 0 Å². The monoisotopic (exact) mass is 540 g/mol. The molecule has 222 valence electrons. The first-order valence-corrected chi connectivity index (χ1v) is 13.6. The number of rotatable bonds is 16. The summed E-state index contributed by atoms with van der Waals surface area (Å²) in [4.78, 5) is 49.9. The molecule has 0 radical (unpaired) electrons. The molecule has 0 rings (SSSR count). The smallest absolute Gasteiger partial charge is 0.309 e. The van der Waals surface area contributed by atoms with Crippen molar-refractivity contribution < 1.29 is 29.4 Å². The standard InChI is InChI=1S/C30H56N2O6/c1-19(33)27(6,7)17-29(10,11)21(16-26(4,5)24(37)38)32-22(34)30(12,13)18-28(8,9)20(31-14)15-25(2,3)23(35)36/h20-21,31H,15-18H2,1-14H3,(H,32,34)(H,35,36)(H,37,38). The topological polar surface area (TPSA) is 133 Å². The van der Waals surface area contributed by atoms with E-state index >= 15 is 0 Å². The molecule has 0 aliphatic heterocycles. The second kappa shape index (κ2) is 12.1. The minimum Gasteiger partial charge on any atom is -0.481 e. The summed E-state index contributed by atoms with van der Waals surface area (Å²) in [6.45, 7) is 23.8. The molecular formula is C30H56N2O6. The molecule has 0 aliphatic carbocycles. The number of carboxylic acid groups (broad SMARTS) is 2. The van der Waals surface area contributed by atoms with Crippen molar-refractivity contribution in [2.45, 2.75) is 128 Å². The van der Waals surface area contributed by atoms with Gasteiger partial charge in [-0.25, -0.2) is 0 Å². The number of carbonyl (C=O) groups excluding carboxylic acids is 2. The van der Waals surface area contributed by atoms with Crippen molar-refractivity contribution >= 4 is 23.6 Å². The fraction of sp³-hybridized carbons (Fsp3) is 0.867. The van der Waals surface area contributed by atoms with Gasteiger partial charge in [0.1, 0.15) is 5.78 Å². The fourth-order valence-electron chi connectivity index (χ4n) is 5.57. The fourth-order valence-corrected chi connectivity index (χ4v) is 5.57. The summed E-state index contributed by atoms with van der Waals surface area (Å²) in [5.41, 5.74) is -4.47. The lowest BCUT2D eigenvalue weighted by molar-refractivity contribution is -0.149. The van der Waals surface area contributed by atoms with Crippen molar-refractivity contribution in [3.8, 4) is 0 Å². The first-order valence-electron chi connectivity index (χ1n) is 13.6. The zero-order valence-electron chi connectivity index (χ0n) is 26.5. The van der Waals surface area contributed by atoms with Gasteiger partial charge in [-0.2, -0.15) is 0 Å². The Morgan fingerprint density at radius 3 is 1.29 bits per heavy atom. The van der Waals surface area contributed by atoms with Crippen molar-refractivity contribution in [2.75, 3.05) is 7.05 Å². The summed E-state index contributed by atoms with van der Waals surface area (Å²) < 4.78 is 0. The van der Waals surface area contributed by atoms with E-state index in [1.54, 1.807) is 41.7 Å². The zero-order chi connectivity index (χ0) is 30.7. The normalized spacial score (nSPS) is 15.5. The first kappa shape index (κ1) is 36.0. The maximum Gasteiger partial charge on any atom is 0.309 e. The van der Waals surface area contributed by atoms with Crippen molar-refractivity contribution in [3.05, 3.63) is 0 Å². The second-order valence-electron chi connectivity index (χ2n) is 15.3. The summed E-state index contributed by atoms with van der Waals surface area (Å²) in [5, 5.41) is 25.9. The highest BCUT2D eigenvalue weighted by atomic mass is 16.4. The van der Waals surface area contributed by atoms with Crippen LogP contribution in [0.3, 0.4) is 0 Å². The lowest BCUT2D eigenvalue weighted by Crippen LogP contribution is -2.54. The van der Waals surface area contributed by atoms with Gasteiger partial charge in [0.2, 0.25) is 5.91 Å². The van der Waals surface area contributed by atoms with Gasteiger partial charge in [0.15, 0.2) is 0 Å². The minimum atomic E-state index is -1.08. The number of carboxylic acids is 2. The summed E-state index contributed by atoms with van der Waals surface area (Å²) in [6.07, 6.45) is 1.56. The van der Waals surface area contributed by atoms with Crippen LogP contribution < -0.4 is 10.6 Å². The Morgan fingerprint density at radius 2 is 0.947 bits per heavy atom. The lowest BCUT2D eigenvalue weighted by atomic mass is 9.65. The maximum absolute atomic E-state index is 13.8. The molecule has 0 aromatic carbocycles. The van der Waals surface area contributed by atoms with Crippen molar-refractivity contribution in [1.82, 2.24) is 10.6 Å². The number of carbonyl (C=O) groups is 4. The molecular weight excluding hydrogens is 484 g/mol. The highest BCUT2D eigenvalue weighted by Gasteiger charge is 2.46. The Morgan fingerprint density at radius 1 is 0.605 bits per heavy atom. The Hall–Kier alpha value is -1.96. The van der Waals surface area contributed by atoms with Gasteiger partial charge in [0, 0.05) is 22.9 Å². The zero-order valence-corrected chi connectivity index (χ0v) is 26.5. The summed E-state index contributed by atoms with van der Waals surface area (Å²) in [5.74, 6) is -1.97. The van der Waals surface area contributed by atoms with Crippen LogP contribution in [0.5, 0.6) is 0 Å². The molecule has 0 bridgehead atoms. The molecule has 0 saturated heterocycles. The molecule has 1 amide bonds. The average Bonchev–Trinajstić information content (AvgIpc) is 2.69. The molecule has 0 fully saturated rings. The van der Waals surface area contributed by atoms with Gasteiger partial charge >= 0.3 is 11.9 Å². The molecule has 0 saturated carbocycles. The molecule has 0 aromatic heterocycles. The van der Waals surface area contributed by atoms with Crippen LogP contribution in [0, 0.1) is 32.5 Å². The summed E-state index contributed by atoms with van der Waals surface area (Å²) in [7, 11) is 1.81. The Kier molecular flexibility index (Phi) is 11.4. The Bertz CT molecular complexity index is 883. The van der Waals surface area contributed by atoms with Crippen LogP contribution in [0.2, 0.25) is 0 Å². The predicted molar refractivity (Wildman–Crippen MR) is 152 cm³/mol. The van der Waals surface area contributed by atoms with Gasteiger partial charge in [-0.15, -0.1) is 0 Å². The van der Waals surface area contributed by atoms with Crippen LogP contribution in [0.4, 0.5) is 0 Å². The van der Waals surface area contributed by atoms with E-state index in [4.69, 9.17) is 0 Å². The van der Waals surface area contributed by atoms with E-state index in [-0.39, 0.29) is 24.2 Å². The molecule has 8 heteroatoms. The summed E-state index contributed by atoms with van der Waals surface area (Å²) >= 11 is 0. The third-order valence-corrected chi connectivity index (χ3v) is 8.49. The van der Waals surface area contributed by atoms with E-state index < -0.39 is 50.5 Å². The number of ketones is 1. The maximum atomic E-state index is 13.8. The van der Waals surface area contributed by atoms with Crippen molar-refractivity contribution in [1.29, 1.82) is 0 Å². The van der Waals surface area contributed by atoms with Crippen LogP contribution in [0.15, 0.2) is 0 Å². The van der Waals surface area contributed by atoms with Gasteiger partial charge < -0.3 is 20.8 Å². The van der Waals surface area contributed by atoms with Gasteiger partial charge in [-0.1, -0.05) is 55.4 Å². The summed E-state index contributed by atoms with van der Waals surface area (Å²) in [6, 6.07) is -0.650. The van der Waals surface area contributed by atoms with Crippen LogP contribution in [0.25, 0.3) is 0 Å². The number of hydrogen-bond acceptors (Lipinski definition) is 5.